The summed E-state index contributed by atoms with van der Waals surface area (Å²) in [6.07, 6.45) is 3.97. The highest BCUT2D eigenvalue weighted by Gasteiger charge is 2.20. The fourth-order valence-corrected chi connectivity index (χ4v) is 7.55. The highest BCUT2D eigenvalue weighted by molar-refractivity contribution is 6.16. The van der Waals surface area contributed by atoms with Crippen molar-refractivity contribution in [3.63, 3.8) is 0 Å². The Morgan fingerprint density at radius 3 is 1.46 bits per heavy atom. The first kappa shape index (κ1) is 29.5. The second-order valence-electron chi connectivity index (χ2n) is 12.6. The molecule has 2 heterocycles. The Bertz CT molecular complexity index is 2780. The fraction of sp³-hybridized carbons (Fsp3) is 0. The van der Waals surface area contributed by atoms with E-state index in [1.54, 1.807) is 0 Å². The molecule has 2 heteroatoms. The van der Waals surface area contributed by atoms with Gasteiger partial charge < -0.3 is 0 Å². The summed E-state index contributed by atoms with van der Waals surface area (Å²) in [7, 11) is 0. The summed E-state index contributed by atoms with van der Waals surface area (Å²) in [6, 6.07) is 55.5. The summed E-state index contributed by atoms with van der Waals surface area (Å²) < 4.78 is 0. The number of benzene rings is 7. The standard InChI is InChI=1S/C48H32N2/c1-3-35-36(4-2)46(42-20-12-11-19-41(42)45(35)32-17-9-6-10-18-32)40-24-14-21-37-38(40)22-13-23-39(37)44-30-28-34-26-25-33-27-29-43(31-15-7-5-8-16-31)49-47(33)48(34)50-44/h3-30H,1-2H2. The van der Waals surface area contributed by atoms with Crippen LogP contribution in [0.2, 0.25) is 0 Å². The van der Waals surface area contributed by atoms with Crippen LogP contribution in [0.15, 0.2) is 171 Å². The summed E-state index contributed by atoms with van der Waals surface area (Å²) in [6.45, 7) is 8.62. The van der Waals surface area contributed by atoms with Gasteiger partial charge in [0, 0.05) is 21.9 Å². The molecule has 9 aromatic rings. The smallest absolute Gasteiger partial charge is 0.0972 e. The summed E-state index contributed by atoms with van der Waals surface area (Å²) in [5, 5.41) is 6.81. The first-order valence-electron chi connectivity index (χ1n) is 16.9. The molecule has 0 radical (unpaired) electrons. The third-order valence-corrected chi connectivity index (χ3v) is 9.82. The molecule has 2 aromatic heterocycles. The van der Waals surface area contributed by atoms with Crippen LogP contribution in [0.5, 0.6) is 0 Å². The molecule has 0 amide bonds. The largest absolute Gasteiger partial charge is 0.245 e. The van der Waals surface area contributed by atoms with Gasteiger partial charge in [-0.1, -0.05) is 171 Å². The van der Waals surface area contributed by atoms with Crippen LogP contribution in [0.1, 0.15) is 11.1 Å². The summed E-state index contributed by atoms with van der Waals surface area (Å²) in [5.41, 5.74) is 12.6. The summed E-state index contributed by atoms with van der Waals surface area (Å²) >= 11 is 0. The Hall–Kier alpha value is -6.64. The van der Waals surface area contributed by atoms with Crippen LogP contribution in [0.4, 0.5) is 0 Å². The Morgan fingerprint density at radius 1 is 0.360 bits per heavy atom. The van der Waals surface area contributed by atoms with E-state index >= 15 is 0 Å². The minimum Gasteiger partial charge on any atom is -0.245 e. The van der Waals surface area contributed by atoms with E-state index in [-0.39, 0.29) is 0 Å². The lowest BCUT2D eigenvalue weighted by atomic mass is 9.82. The van der Waals surface area contributed by atoms with Gasteiger partial charge in [0.1, 0.15) is 0 Å². The van der Waals surface area contributed by atoms with Gasteiger partial charge in [-0.3, -0.25) is 0 Å². The molecule has 2 nitrogen and oxygen atoms in total. The molecule has 50 heavy (non-hydrogen) atoms. The average molecular weight is 637 g/mol. The quantitative estimate of drug-likeness (QED) is 0.170. The molecular weight excluding hydrogens is 605 g/mol. The van der Waals surface area contributed by atoms with Gasteiger partial charge in [0.15, 0.2) is 0 Å². The Labute approximate surface area is 291 Å². The lowest BCUT2D eigenvalue weighted by Crippen LogP contribution is -1.97. The van der Waals surface area contributed by atoms with E-state index in [0.29, 0.717) is 0 Å². The van der Waals surface area contributed by atoms with E-state index in [9.17, 15) is 0 Å². The lowest BCUT2D eigenvalue weighted by Gasteiger charge is -2.21. The van der Waals surface area contributed by atoms with Gasteiger partial charge in [-0.05, 0) is 67.1 Å². The zero-order valence-electron chi connectivity index (χ0n) is 27.5. The lowest BCUT2D eigenvalue weighted by molar-refractivity contribution is 1.37. The van der Waals surface area contributed by atoms with E-state index in [1.165, 1.54) is 16.3 Å². The number of hydrogen-bond acceptors (Lipinski definition) is 2. The average Bonchev–Trinajstić information content (AvgIpc) is 3.19. The number of fused-ring (bicyclic) bond motifs is 5. The molecular formula is C48H32N2. The van der Waals surface area contributed by atoms with Crippen molar-refractivity contribution in [2.45, 2.75) is 0 Å². The van der Waals surface area contributed by atoms with Crippen molar-refractivity contribution < 1.29 is 0 Å². The summed E-state index contributed by atoms with van der Waals surface area (Å²) in [5.74, 6) is 0. The number of nitrogens with zero attached hydrogens (tertiary/aromatic N) is 2. The topological polar surface area (TPSA) is 25.8 Å². The molecule has 0 unspecified atom stereocenters. The van der Waals surface area contributed by atoms with Crippen molar-refractivity contribution in [1.82, 2.24) is 9.97 Å². The van der Waals surface area contributed by atoms with E-state index in [1.807, 2.05) is 30.4 Å². The maximum atomic E-state index is 5.33. The van der Waals surface area contributed by atoms with Gasteiger partial charge in [-0.25, -0.2) is 9.97 Å². The van der Waals surface area contributed by atoms with Crippen molar-refractivity contribution >= 4 is 55.5 Å². The monoisotopic (exact) mass is 636 g/mol. The Morgan fingerprint density at radius 2 is 0.820 bits per heavy atom. The SMILES string of the molecule is C=Cc1c(C=C)c(-c2cccc3c(-c4ccc5ccc6ccc(-c7ccccc7)nc6c5n4)cccc23)c2ccccc2c1-c1ccccc1. The van der Waals surface area contributed by atoms with Crippen molar-refractivity contribution in [3.05, 3.63) is 182 Å². The molecule has 0 N–H and O–H groups in total. The second kappa shape index (κ2) is 12.1. The molecule has 0 aliphatic heterocycles. The highest BCUT2D eigenvalue weighted by Crippen LogP contribution is 2.45. The van der Waals surface area contributed by atoms with Crippen molar-refractivity contribution in [3.8, 4) is 44.8 Å². The molecule has 0 atom stereocenters. The minimum absolute atomic E-state index is 0.901. The molecule has 7 aromatic carbocycles. The van der Waals surface area contributed by atoms with Gasteiger partial charge in [-0.15, -0.1) is 0 Å². The van der Waals surface area contributed by atoms with Gasteiger partial charge in [0.2, 0.25) is 0 Å². The molecule has 0 bridgehead atoms. The molecule has 0 saturated heterocycles. The maximum absolute atomic E-state index is 5.33. The molecule has 0 saturated carbocycles. The van der Waals surface area contributed by atoms with Crippen LogP contribution in [0.3, 0.4) is 0 Å². The maximum Gasteiger partial charge on any atom is 0.0972 e. The third kappa shape index (κ3) is 4.73. The summed E-state index contributed by atoms with van der Waals surface area (Å²) in [4.78, 5) is 10.5. The third-order valence-electron chi connectivity index (χ3n) is 9.82. The zero-order chi connectivity index (χ0) is 33.6. The van der Waals surface area contributed by atoms with Gasteiger partial charge in [0.05, 0.1) is 22.4 Å². The molecule has 0 spiro atoms. The minimum atomic E-state index is 0.901. The van der Waals surface area contributed by atoms with Crippen molar-refractivity contribution in [1.29, 1.82) is 0 Å². The van der Waals surface area contributed by atoms with Gasteiger partial charge >= 0.3 is 0 Å². The van der Waals surface area contributed by atoms with Crippen LogP contribution < -0.4 is 0 Å². The molecule has 0 fully saturated rings. The van der Waals surface area contributed by atoms with Crippen LogP contribution in [-0.2, 0) is 0 Å². The predicted molar refractivity (Wildman–Crippen MR) is 214 cm³/mol. The Kier molecular flexibility index (Phi) is 7.14. The van der Waals surface area contributed by atoms with Crippen LogP contribution >= 0.6 is 0 Å². The number of rotatable bonds is 6. The van der Waals surface area contributed by atoms with Crippen LogP contribution in [0.25, 0.3) is 100 Å². The molecule has 9 rings (SSSR count). The van der Waals surface area contributed by atoms with Crippen molar-refractivity contribution in [2.75, 3.05) is 0 Å². The van der Waals surface area contributed by atoms with Gasteiger partial charge in [-0.2, -0.15) is 0 Å². The second-order valence-corrected chi connectivity index (χ2v) is 12.6. The predicted octanol–water partition coefficient (Wildman–Crippen LogP) is 13.0. The van der Waals surface area contributed by atoms with Crippen LogP contribution in [-0.4, -0.2) is 9.97 Å². The molecule has 234 valence electrons. The number of aromatic nitrogens is 2. The van der Waals surface area contributed by atoms with Crippen LogP contribution in [0, 0.1) is 0 Å². The first-order valence-corrected chi connectivity index (χ1v) is 16.9. The fourth-order valence-electron chi connectivity index (χ4n) is 7.55. The molecule has 0 aliphatic rings. The molecule has 0 aliphatic carbocycles. The van der Waals surface area contributed by atoms with Gasteiger partial charge in [0.25, 0.3) is 0 Å². The van der Waals surface area contributed by atoms with E-state index in [2.05, 4.69) is 153 Å². The van der Waals surface area contributed by atoms with Crippen molar-refractivity contribution in [2.24, 2.45) is 0 Å². The first-order chi connectivity index (χ1) is 24.7. The zero-order valence-corrected chi connectivity index (χ0v) is 27.5. The highest BCUT2D eigenvalue weighted by atomic mass is 14.8. The number of hydrogen-bond donors (Lipinski definition) is 0. The number of pyridine rings is 2. The van der Waals surface area contributed by atoms with E-state index in [0.717, 1.165) is 82.9 Å². The normalized spacial score (nSPS) is 11.4. The Balaban J connectivity index is 1.28. The van der Waals surface area contributed by atoms with E-state index < -0.39 is 0 Å². The van der Waals surface area contributed by atoms with E-state index in [4.69, 9.17) is 9.97 Å².